The van der Waals surface area contributed by atoms with Crippen molar-refractivity contribution in [1.82, 2.24) is 0 Å². The number of hydrogen-bond donors (Lipinski definition) is 1. The fourth-order valence-corrected chi connectivity index (χ4v) is 3.53. The first-order valence-corrected chi connectivity index (χ1v) is 15.9. The predicted octanol–water partition coefficient (Wildman–Crippen LogP) is 13.5. The second-order valence-electron chi connectivity index (χ2n) is 10.9. The third kappa shape index (κ3) is 20.1. The summed E-state index contributed by atoms with van der Waals surface area (Å²) < 4.78 is 26.9. The van der Waals surface area contributed by atoms with Crippen molar-refractivity contribution >= 4 is 6.21 Å². The van der Waals surface area contributed by atoms with Gasteiger partial charge in [0.25, 0.3) is 0 Å². The van der Waals surface area contributed by atoms with Crippen LogP contribution < -0.4 is 0 Å². The van der Waals surface area contributed by atoms with E-state index in [9.17, 15) is 8.78 Å². The van der Waals surface area contributed by atoms with Gasteiger partial charge >= 0.3 is 0 Å². The number of allylic oxidation sites excluding steroid dienone is 4. The summed E-state index contributed by atoms with van der Waals surface area (Å²) in [4.78, 5) is 0. The Balaban J connectivity index is -0.000000493. The van der Waals surface area contributed by atoms with Crippen molar-refractivity contribution in [3.63, 3.8) is 0 Å². The van der Waals surface area contributed by atoms with Crippen molar-refractivity contribution < 1.29 is 8.78 Å². The minimum atomic E-state index is -0.718. The van der Waals surface area contributed by atoms with Crippen LogP contribution in [-0.4, -0.2) is 6.21 Å². The number of halogens is 2. The van der Waals surface area contributed by atoms with E-state index in [2.05, 4.69) is 53.0 Å². The molecule has 42 heavy (non-hydrogen) atoms. The fraction of sp³-hybridized carbons (Fsp3) is 0.513. The molecule has 2 rings (SSSR count). The first kappa shape index (κ1) is 43.6. The van der Waals surface area contributed by atoms with E-state index in [1.807, 2.05) is 59.7 Å². The standard InChI is InChI=1S/C12H16F2.C11H17N.C7H8.C7H16.C2H6/c1-5-12(3,4)9-7-6-8(2)10(13)11(9)14;1-5-6-9(2)11(4)10(3)7-8-12;1-7-5-3-2-4-6-7;1-3-5-7-6-4-2;1-2/h6-7H,5H2,1-4H3;7-8,12H,2,4-6H2,1,3H3;2-6H,1H3;3-7H2,1-2H3;1-2H3/b;10-7+,12-8?;;;. The highest BCUT2D eigenvalue weighted by Crippen LogP contribution is 2.30. The van der Waals surface area contributed by atoms with E-state index >= 15 is 0 Å². The van der Waals surface area contributed by atoms with Crippen molar-refractivity contribution in [3.8, 4) is 0 Å². The molecule has 0 radical (unpaired) electrons. The van der Waals surface area contributed by atoms with Crippen molar-refractivity contribution in [3.05, 3.63) is 107 Å². The van der Waals surface area contributed by atoms with Crippen LogP contribution in [0.1, 0.15) is 130 Å². The number of nitrogens with one attached hydrogen (secondary N) is 1. The van der Waals surface area contributed by atoms with E-state index < -0.39 is 11.6 Å². The topological polar surface area (TPSA) is 23.9 Å². The lowest BCUT2D eigenvalue weighted by molar-refractivity contribution is 0.435. The summed E-state index contributed by atoms with van der Waals surface area (Å²) >= 11 is 0. The summed E-state index contributed by atoms with van der Waals surface area (Å²) in [7, 11) is 0. The Labute approximate surface area is 259 Å². The SMILES string of the molecule is C=C(CCC)C(=C)/C(C)=C/C=N.CC.CCC(C)(C)c1ccc(C)c(F)c1F.CCCCCCC.Cc1ccccc1. The van der Waals surface area contributed by atoms with Gasteiger partial charge < -0.3 is 5.41 Å². The minimum absolute atomic E-state index is 0.307. The van der Waals surface area contributed by atoms with Gasteiger partial charge in [0, 0.05) is 6.21 Å². The molecule has 0 aromatic heterocycles. The molecule has 0 spiro atoms. The highest BCUT2D eigenvalue weighted by atomic mass is 19.2. The Bertz CT molecular complexity index is 1010. The molecule has 0 aliphatic rings. The molecule has 0 atom stereocenters. The lowest BCUT2D eigenvalue weighted by Crippen LogP contribution is -2.18. The summed E-state index contributed by atoms with van der Waals surface area (Å²) in [6.45, 7) is 29.9. The Morgan fingerprint density at radius 1 is 0.810 bits per heavy atom. The van der Waals surface area contributed by atoms with Gasteiger partial charge in [0.15, 0.2) is 11.6 Å². The van der Waals surface area contributed by atoms with E-state index in [1.54, 1.807) is 25.1 Å². The third-order valence-electron chi connectivity index (χ3n) is 6.82. The zero-order valence-electron chi connectivity index (χ0n) is 29.0. The average molecular weight is 584 g/mol. The molecule has 0 fully saturated rings. The van der Waals surface area contributed by atoms with Crippen LogP contribution in [0, 0.1) is 30.9 Å². The van der Waals surface area contributed by atoms with Crippen molar-refractivity contribution in [2.45, 2.75) is 133 Å². The molecule has 1 nitrogen and oxygen atoms in total. The van der Waals surface area contributed by atoms with E-state index in [-0.39, 0.29) is 5.41 Å². The summed E-state index contributed by atoms with van der Waals surface area (Å²) in [6.07, 6.45) is 12.9. The highest BCUT2D eigenvalue weighted by Gasteiger charge is 2.24. The second-order valence-corrected chi connectivity index (χ2v) is 10.9. The second kappa shape index (κ2) is 27.0. The van der Waals surface area contributed by atoms with Crippen LogP contribution in [0.25, 0.3) is 0 Å². The lowest BCUT2D eigenvalue weighted by Gasteiger charge is -2.24. The van der Waals surface area contributed by atoms with Gasteiger partial charge in [0.05, 0.1) is 0 Å². The highest BCUT2D eigenvalue weighted by molar-refractivity contribution is 5.71. The van der Waals surface area contributed by atoms with Gasteiger partial charge in [0.1, 0.15) is 0 Å². The molecule has 0 amide bonds. The van der Waals surface area contributed by atoms with E-state index in [0.717, 1.165) is 36.0 Å². The van der Waals surface area contributed by atoms with Crippen molar-refractivity contribution in [2.75, 3.05) is 0 Å². The van der Waals surface area contributed by atoms with Crippen LogP contribution in [0.15, 0.2) is 78.4 Å². The quantitative estimate of drug-likeness (QED) is 0.155. The number of unbranched alkanes of at least 4 members (excludes halogenated alkanes) is 4. The number of aryl methyl sites for hydroxylation is 2. The van der Waals surface area contributed by atoms with Crippen LogP contribution in [0.2, 0.25) is 0 Å². The summed E-state index contributed by atoms with van der Waals surface area (Å²) in [5.74, 6) is -1.42. The fourth-order valence-electron chi connectivity index (χ4n) is 3.53. The van der Waals surface area contributed by atoms with Crippen LogP contribution in [0.4, 0.5) is 8.78 Å². The average Bonchev–Trinajstić information content (AvgIpc) is 2.98. The monoisotopic (exact) mass is 583 g/mol. The Kier molecular flexibility index (Phi) is 28.1. The predicted molar refractivity (Wildman–Crippen MR) is 187 cm³/mol. The lowest BCUT2D eigenvalue weighted by atomic mass is 9.81. The van der Waals surface area contributed by atoms with Gasteiger partial charge in [-0.15, -0.1) is 0 Å². The van der Waals surface area contributed by atoms with Gasteiger partial charge in [-0.25, -0.2) is 8.78 Å². The third-order valence-corrected chi connectivity index (χ3v) is 6.82. The minimum Gasteiger partial charge on any atom is -0.309 e. The zero-order valence-corrected chi connectivity index (χ0v) is 29.0. The van der Waals surface area contributed by atoms with Gasteiger partial charge in [-0.05, 0) is 73.0 Å². The van der Waals surface area contributed by atoms with Crippen LogP contribution in [-0.2, 0) is 5.41 Å². The maximum Gasteiger partial charge on any atom is 0.162 e. The smallest absolute Gasteiger partial charge is 0.162 e. The summed E-state index contributed by atoms with van der Waals surface area (Å²) in [6, 6.07) is 13.6. The normalized spacial score (nSPS) is 10.3. The molecule has 0 aliphatic carbocycles. The molecular formula is C39H63F2N. The first-order chi connectivity index (χ1) is 19.8. The van der Waals surface area contributed by atoms with Gasteiger partial charge in [-0.2, -0.15) is 0 Å². The maximum absolute atomic E-state index is 13.6. The molecular weight excluding hydrogens is 520 g/mol. The molecule has 2 aromatic carbocycles. The number of hydrogen-bond acceptors (Lipinski definition) is 1. The first-order valence-electron chi connectivity index (χ1n) is 15.9. The molecule has 1 N–H and O–H groups in total. The molecule has 0 aliphatic heterocycles. The summed E-state index contributed by atoms with van der Waals surface area (Å²) in [5, 5.41) is 6.90. The molecule has 3 heteroatoms. The van der Waals surface area contributed by atoms with Crippen LogP contribution in [0.5, 0.6) is 0 Å². The largest absolute Gasteiger partial charge is 0.309 e. The molecule has 0 unspecified atom stereocenters. The Morgan fingerprint density at radius 2 is 1.33 bits per heavy atom. The summed E-state index contributed by atoms with van der Waals surface area (Å²) in [5.41, 5.74) is 4.92. The van der Waals surface area contributed by atoms with Crippen molar-refractivity contribution in [2.24, 2.45) is 0 Å². The zero-order chi connectivity index (χ0) is 33.1. The molecule has 0 heterocycles. The van der Waals surface area contributed by atoms with Crippen LogP contribution >= 0.6 is 0 Å². The molecule has 238 valence electrons. The van der Waals surface area contributed by atoms with Gasteiger partial charge in [-0.3, -0.25) is 0 Å². The van der Waals surface area contributed by atoms with Gasteiger partial charge in [0.2, 0.25) is 0 Å². The number of benzene rings is 2. The maximum atomic E-state index is 13.6. The molecule has 0 saturated heterocycles. The van der Waals surface area contributed by atoms with Gasteiger partial charge in [-0.1, -0.05) is 155 Å². The Morgan fingerprint density at radius 3 is 1.71 bits per heavy atom. The molecule has 0 saturated carbocycles. The van der Waals surface area contributed by atoms with E-state index in [4.69, 9.17) is 5.41 Å². The van der Waals surface area contributed by atoms with E-state index in [0.29, 0.717) is 11.1 Å². The Hall–Kier alpha value is -2.81. The molecule has 2 aromatic rings. The molecule has 0 bridgehead atoms. The number of rotatable bonds is 11. The van der Waals surface area contributed by atoms with E-state index in [1.165, 1.54) is 43.9 Å². The van der Waals surface area contributed by atoms with Crippen LogP contribution in [0.3, 0.4) is 0 Å². The van der Waals surface area contributed by atoms with Crippen molar-refractivity contribution in [1.29, 1.82) is 5.41 Å².